The SMILES string of the molecule is O=C(Cc1ccccc1)C(=O)Nc1ccccc1F. The molecule has 2 aromatic rings. The van der Waals surface area contributed by atoms with Crippen LogP contribution in [0.1, 0.15) is 5.56 Å². The van der Waals surface area contributed by atoms with E-state index in [-0.39, 0.29) is 12.1 Å². The monoisotopic (exact) mass is 257 g/mol. The molecular weight excluding hydrogens is 245 g/mol. The standard InChI is InChI=1S/C15H12FNO2/c16-12-8-4-5-9-13(12)17-15(19)14(18)10-11-6-2-1-3-7-11/h1-9H,10H2,(H,17,19). The van der Waals surface area contributed by atoms with Crippen molar-refractivity contribution in [3.63, 3.8) is 0 Å². The van der Waals surface area contributed by atoms with E-state index in [0.29, 0.717) is 0 Å². The number of carbonyl (C=O) groups excluding carboxylic acids is 2. The average Bonchev–Trinajstić information content (AvgIpc) is 2.42. The van der Waals surface area contributed by atoms with Crippen LogP contribution in [0, 0.1) is 5.82 Å². The molecule has 19 heavy (non-hydrogen) atoms. The molecule has 96 valence electrons. The molecule has 0 unspecified atom stereocenters. The molecule has 0 heterocycles. The number of rotatable bonds is 4. The fraction of sp³-hybridized carbons (Fsp3) is 0.0667. The summed E-state index contributed by atoms with van der Waals surface area (Å²) in [5, 5.41) is 2.27. The summed E-state index contributed by atoms with van der Waals surface area (Å²) >= 11 is 0. The van der Waals surface area contributed by atoms with Crippen molar-refractivity contribution in [2.45, 2.75) is 6.42 Å². The number of para-hydroxylation sites is 1. The van der Waals surface area contributed by atoms with Crippen LogP contribution in [0.4, 0.5) is 10.1 Å². The molecule has 2 aromatic carbocycles. The zero-order valence-corrected chi connectivity index (χ0v) is 10.1. The van der Waals surface area contributed by atoms with Gasteiger partial charge < -0.3 is 5.32 Å². The number of amides is 1. The highest BCUT2D eigenvalue weighted by molar-refractivity contribution is 6.41. The number of hydrogen-bond acceptors (Lipinski definition) is 2. The van der Waals surface area contributed by atoms with Crippen LogP contribution in [0.15, 0.2) is 54.6 Å². The first-order chi connectivity index (χ1) is 9.16. The molecule has 0 aliphatic carbocycles. The van der Waals surface area contributed by atoms with Crippen LogP contribution < -0.4 is 5.32 Å². The second-order valence-corrected chi connectivity index (χ2v) is 4.02. The lowest BCUT2D eigenvalue weighted by Crippen LogP contribution is -2.24. The van der Waals surface area contributed by atoms with E-state index in [2.05, 4.69) is 5.32 Å². The second kappa shape index (κ2) is 5.91. The van der Waals surface area contributed by atoms with Crippen molar-refractivity contribution in [3.8, 4) is 0 Å². The minimum Gasteiger partial charge on any atom is -0.317 e. The van der Waals surface area contributed by atoms with Gasteiger partial charge in [0, 0.05) is 6.42 Å². The van der Waals surface area contributed by atoms with Gasteiger partial charge in [-0.25, -0.2) is 4.39 Å². The van der Waals surface area contributed by atoms with Crippen LogP contribution in [-0.2, 0) is 16.0 Å². The number of anilines is 1. The zero-order chi connectivity index (χ0) is 13.7. The molecule has 0 saturated carbocycles. The largest absolute Gasteiger partial charge is 0.317 e. The maximum Gasteiger partial charge on any atom is 0.292 e. The summed E-state index contributed by atoms with van der Waals surface area (Å²) in [6.45, 7) is 0. The molecule has 3 nitrogen and oxygen atoms in total. The maximum atomic E-state index is 13.3. The highest BCUT2D eigenvalue weighted by Crippen LogP contribution is 2.12. The van der Waals surface area contributed by atoms with Gasteiger partial charge in [-0.3, -0.25) is 9.59 Å². The number of hydrogen-bond donors (Lipinski definition) is 1. The van der Waals surface area contributed by atoms with Gasteiger partial charge in [-0.05, 0) is 17.7 Å². The summed E-state index contributed by atoms with van der Waals surface area (Å²) in [6, 6.07) is 14.6. The van der Waals surface area contributed by atoms with Gasteiger partial charge in [0.05, 0.1) is 5.69 Å². The third-order valence-corrected chi connectivity index (χ3v) is 2.58. The molecule has 0 spiro atoms. The van der Waals surface area contributed by atoms with Gasteiger partial charge in [0.15, 0.2) is 0 Å². The predicted octanol–water partition coefficient (Wildman–Crippen LogP) is 2.58. The Morgan fingerprint density at radius 2 is 1.58 bits per heavy atom. The summed E-state index contributed by atoms with van der Waals surface area (Å²) in [4.78, 5) is 23.3. The molecule has 1 N–H and O–H groups in total. The first-order valence-electron chi connectivity index (χ1n) is 5.79. The normalized spacial score (nSPS) is 9.95. The van der Waals surface area contributed by atoms with Gasteiger partial charge in [0.2, 0.25) is 5.78 Å². The average molecular weight is 257 g/mol. The van der Waals surface area contributed by atoms with Crippen molar-refractivity contribution < 1.29 is 14.0 Å². The third-order valence-electron chi connectivity index (χ3n) is 2.58. The Morgan fingerprint density at radius 1 is 0.947 bits per heavy atom. The van der Waals surface area contributed by atoms with Crippen LogP contribution in [-0.4, -0.2) is 11.7 Å². The topological polar surface area (TPSA) is 46.2 Å². The summed E-state index contributed by atoms with van der Waals surface area (Å²) in [7, 11) is 0. The third kappa shape index (κ3) is 3.48. The first kappa shape index (κ1) is 13.0. The number of halogens is 1. The van der Waals surface area contributed by atoms with E-state index in [9.17, 15) is 14.0 Å². The van der Waals surface area contributed by atoms with E-state index in [1.165, 1.54) is 18.2 Å². The van der Waals surface area contributed by atoms with Crippen LogP contribution in [0.2, 0.25) is 0 Å². The summed E-state index contributed by atoms with van der Waals surface area (Å²) in [5.41, 5.74) is 0.755. The van der Waals surface area contributed by atoms with Crippen molar-refractivity contribution in [2.24, 2.45) is 0 Å². The minimum atomic E-state index is -0.811. The minimum absolute atomic E-state index is 0.00112. The maximum absolute atomic E-state index is 13.3. The Morgan fingerprint density at radius 3 is 2.26 bits per heavy atom. The molecule has 4 heteroatoms. The molecule has 1 amide bonds. The summed E-state index contributed by atoms with van der Waals surface area (Å²) < 4.78 is 13.3. The van der Waals surface area contributed by atoms with E-state index in [4.69, 9.17) is 0 Å². The Bertz CT molecular complexity index is 596. The zero-order valence-electron chi connectivity index (χ0n) is 10.1. The first-order valence-corrected chi connectivity index (χ1v) is 5.79. The van der Waals surface area contributed by atoms with Crippen LogP contribution in [0.3, 0.4) is 0 Å². The lowest BCUT2D eigenvalue weighted by molar-refractivity contribution is -0.134. The Labute approximate surface area is 110 Å². The molecule has 0 radical (unpaired) electrons. The predicted molar refractivity (Wildman–Crippen MR) is 70.2 cm³/mol. The van der Waals surface area contributed by atoms with Gasteiger partial charge >= 0.3 is 0 Å². The second-order valence-electron chi connectivity index (χ2n) is 4.02. The van der Waals surface area contributed by atoms with Gasteiger partial charge in [-0.1, -0.05) is 42.5 Å². The molecule has 0 saturated heterocycles. The lowest BCUT2D eigenvalue weighted by Gasteiger charge is -2.05. The van der Waals surface area contributed by atoms with Crippen LogP contribution in [0.5, 0.6) is 0 Å². The Hall–Kier alpha value is -2.49. The Kier molecular flexibility index (Phi) is 4.03. The molecule has 2 rings (SSSR count). The van der Waals surface area contributed by atoms with E-state index in [0.717, 1.165) is 5.56 Å². The quantitative estimate of drug-likeness (QED) is 0.856. The molecule has 0 fully saturated rings. The summed E-state index contributed by atoms with van der Waals surface area (Å²) in [5.74, 6) is -1.98. The number of ketones is 1. The van der Waals surface area contributed by atoms with E-state index >= 15 is 0 Å². The fourth-order valence-electron chi connectivity index (χ4n) is 1.62. The van der Waals surface area contributed by atoms with E-state index in [1.807, 2.05) is 6.07 Å². The van der Waals surface area contributed by atoms with Crippen LogP contribution in [0.25, 0.3) is 0 Å². The highest BCUT2D eigenvalue weighted by Gasteiger charge is 2.15. The van der Waals surface area contributed by atoms with Gasteiger partial charge in [0.1, 0.15) is 5.82 Å². The van der Waals surface area contributed by atoms with Crippen molar-refractivity contribution in [3.05, 3.63) is 66.0 Å². The number of carbonyl (C=O) groups is 2. The smallest absolute Gasteiger partial charge is 0.292 e. The molecule has 0 atom stereocenters. The number of benzene rings is 2. The summed E-state index contributed by atoms with van der Waals surface area (Å²) in [6.07, 6.45) is 0.00112. The van der Waals surface area contributed by atoms with Crippen molar-refractivity contribution >= 4 is 17.4 Å². The van der Waals surface area contributed by atoms with Crippen molar-refractivity contribution in [1.29, 1.82) is 0 Å². The van der Waals surface area contributed by atoms with Gasteiger partial charge in [0.25, 0.3) is 5.91 Å². The molecular formula is C15H12FNO2. The van der Waals surface area contributed by atoms with Gasteiger partial charge in [-0.15, -0.1) is 0 Å². The number of Topliss-reactive ketones (excluding diaryl/α,β-unsaturated/α-hetero) is 1. The Balaban J connectivity index is 2.01. The van der Waals surface area contributed by atoms with Gasteiger partial charge in [-0.2, -0.15) is 0 Å². The molecule has 0 bridgehead atoms. The molecule has 0 aromatic heterocycles. The molecule has 0 aliphatic heterocycles. The fourth-order valence-corrected chi connectivity index (χ4v) is 1.62. The number of nitrogens with one attached hydrogen (secondary N) is 1. The van der Waals surface area contributed by atoms with Crippen molar-refractivity contribution in [2.75, 3.05) is 5.32 Å². The van der Waals surface area contributed by atoms with E-state index in [1.54, 1.807) is 30.3 Å². The van der Waals surface area contributed by atoms with Crippen molar-refractivity contribution in [1.82, 2.24) is 0 Å². The van der Waals surface area contributed by atoms with Crippen LogP contribution >= 0.6 is 0 Å². The molecule has 0 aliphatic rings. The van der Waals surface area contributed by atoms with E-state index < -0.39 is 17.5 Å². The highest BCUT2D eigenvalue weighted by atomic mass is 19.1. The lowest BCUT2D eigenvalue weighted by atomic mass is 10.1.